The maximum Gasteiger partial charge on any atom is 0.305 e. The summed E-state index contributed by atoms with van der Waals surface area (Å²) in [6, 6.07) is 2.84. The van der Waals surface area contributed by atoms with Crippen LogP contribution in [0.1, 0.15) is 30.1 Å². The van der Waals surface area contributed by atoms with E-state index >= 15 is 0 Å². The standard InChI is InChI=1S/C10H10N4O2/c11-4-8-9(14(15)16)3-7(5-13-8)10(12)6-1-2-6/h3,5-6,10H,1-2,12H2/t10-/m1/s1. The number of nitrogens with two attached hydrogens (primary N) is 1. The van der Waals surface area contributed by atoms with E-state index in [9.17, 15) is 10.1 Å². The predicted octanol–water partition coefficient (Wildman–Crippen LogP) is 1.27. The first kappa shape index (κ1) is 10.5. The molecule has 1 fully saturated rings. The number of pyridine rings is 1. The maximum absolute atomic E-state index is 10.7. The third kappa shape index (κ3) is 1.85. The van der Waals surface area contributed by atoms with E-state index in [4.69, 9.17) is 11.0 Å². The SMILES string of the molecule is N#Cc1ncc([C@H](N)C2CC2)cc1[N+](=O)[O-]. The van der Waals surface area contributed by atoms with Crippen LogP contribution in [-0.4, -0.2) is 9.91 Å². The number of aromatic nitrogens is 1. The molecule has 0 spiro atoms. The highest BCUT2D eigenvalue weighted by Gasteiger charge is 2.31. The van der Waals surface area contributed by atoms with Gasteiger partial charge in [-0.3, -0.25) is 10.1 Å². The molecule has 1 aliphatic carbocycles. The van der Waals surface area contributed by atoms with Crippen LogP contribution in [0.5, 0.6) is 0 Å². The van der Waals surface area contributed by atoms with Gasteiger partial charge in [0.15, 0.2) is 0 Å². The molecule has 0 aliphatic heterocycles. The van der Waals surface area contributed by atoms with Crippen molar-refractivity contribution in [1.29, 1.82) is 5.26 Å². The van der Waals surface area contributed by atoms with E-state index in [1.54, 1.807) is 6.07 Å². The van der Waals surface area contributed by atoms with Gasteiger partial charge in [-0.05, 0) is 24.3 Å². The fourth-order valence-electron chi connectivity index (χ4n) is 1.60. The molecule has 1 heterocycles. The van der Waals surface area contributed by atoms with E-state index in [0.717, 1.165) is 12.8 Å². The summed E-state index contributed by atoms with van der Waals surface area (Å²) < 4.78 is 0. The first-order valence-corrected chi connectivity index (χ1v) is 4.93. The molecule has 0 bridgehead atoms. The molecule has 6 nitrogen and oxygen atoms in total. The lowest BCUT2D eigenvalue weighted by Crippen LogP contribution is -2.13. The first-order valence-electron chi connectivity index (χ1n) is 4.93. The zero-order valence-corrected chi connectivity index (χ0v) is 8.46. The Morgan fingerprint density at radius 2 is 2.38 bits per heavy atom. The molecular weight excluding hydrogens is 208 g/mol. The van der Waals surface area contributed by atoms with Gasteiger partial charge in [0.25, 0.3) is 0 Å². The van der Waals surface area contributed by atoms with Crippen molar-refractivity contribution in [1.82, 2.24) is 4.98 Å². The Hall–Kier alpha value is -2.00. The van der Waals surface area contributed by atoms with Crippen molar-refractivity contribution in [3.63, 3.8) is 0 Å². The molecule has 0 amide bonds. The number of hydrogen-bond donors (Lipinski definition) is 1. The summed E-state index contributed by atoms with van der Waals surface area (Å²) in [7, 11) is 0. The Kier molecular flexibility index (Phi) is 2.54. The van der Waals surface area contributed by atoms with Gasteiger partial charge in [0.05, 0.1) is 4.92 Å². The van der Waals surface area contributed by atoms with Crippen molar-refractivity contribution < 1.29 is 4.92 Å². The van der Waals surface area contributed by atoms with Crippen molar-refractivity contribution in [2.45, 2.75) is 18.9 Å². The van der Waals surface area contributed by atoms with Crippen molar-refractivity contribution >= 4 is 5.69 Å². The van der Waals surface area contributed by atoms with Gasteiger partial charge in [-0.25, -0.2) is 4.98 Å². The Balaban J connectivity index is 2.38. The maximum atomic E-state index is 10.7. The summed E-state index contributed by atoms with van der Waals surface area (Å²) in [5.74, 6) is 0.398. The van der Waals surface area contributed by atoms with Crippen LogP contribution in [0.4, 0.5) is 5.69 Å². The van der Waals surface area contributed by atoms with Crippen molar-refractivity contribution in [2.24, 2.45) is 11.7 Å². The van der Waals surface area contributed by atoms with Gasteiger partial charge in [-0.2, -0.15) is 5.26 Å². The number of nitro groups is 1. The van der Waals surface area contributed by atoms with Crippen LogP contribution in [0, 0.1) is 27.4 Å². The molecule has 1 aliphatic rings. The monoisotopic (exact) mass is 218 g/mol. The molecule has 0 saturated heterocycles. The van der Waals surface area contributed by atoms with Gasteiger partial charge >= 0.3 is 5.69 Å². The van der Waals surface area contributed by atoms with Gasteiger partial charge in [-0.1, -0.05) is 0 Å². The van der Waals surface area contributed by atoms with Gasteiger partial charge in [0.1, 0.15) is 6.07 Å². The third-order valence-corrected chi connectivity index (χ3v) is 2.71. The second-order valence-corrected chi connectivity index (χ2v) is 3.87. The van der Waals surface area contributed by atoms with Gasteiger partial charge < -0.3 is 5.73 Å². The average molecular weight is 218 g/mol. The molecule has 1 aromatic rings. The zero-order chi connectivity index (χ0) is 11.7. The smallest absolute Gasteiger partial charge is 0.305 e. The second-order valence-electron chi connectivity index (χ2n) is 3.87. The van der Waals surface area contributed by atoms with Crippen LogP contribution in [0.2, 0.25) is 0 Å². The molecule has 0 unspecified atom stereocenters. The number of nitriles is 1. The van der Waals surface area contributed by atoms with Crippen LogP contribution in [0.25, 0.3) is 0 Å². The van der Waals surface area contributed by atoms with E-state index in [1.165, 1.54) is 12.3 Å². The lowest BCUT2D eigenvalue weighted by Gasteiger charge is -2.09. The molecule has 2 rings (SSSR count). The molecule has 82 valence electrons. The molecule has 6 heteroatoms. The van der Waals surface area contributed by atoms with E-state index in [-0.39, 0.29) is 17.4 Å². The largest absolute Gasteiger partial charge is 0.324 e. The van der Waals surface area contributed by atoms with E-state index in [2.05, 4.69) is 4.98 Å². The van der Waals surface area contributed by atoms with Gasteiger partial charge in [0.2, 0.25) is 5.69 Å². The fraction of sp³-hybridized carbons (Fsp3) is 0.400. The third-order valence-electron chi connectivity index (χ3n) is 2.71. The van der Waals surface area contributed by atoms with E-state index in [1.807, 2.05) is 0 Å². The minimum atomic E-state index is -0.603. The summed E-state index contributed by atoms with van der Waals surface area (Å²) in [6.45, 7) is 0. The van der Waals surface area contributed by atoms with Crippen molar-refractivity contribution in [2.75, 3.05) is 0 Å². The molecular formula is C10H10N4O2. The van der Waals surface area contributed by atoms with E-state index < -0.39 is 4.92 Å². The lowest BCUT2D eigenvalue weighted by atomic mass is 10.0. The second kappa shape index (κ2) is 3.87. The zero-order valence-electron chi connectivity index (χ0n) is 8.46. The molecule has 2 N–H and O–H groups in total. The number of rotatable bonds is 3. The number of hydrogen-bond acceptors (Lipinski definition) is 5. The van der Waals surface area contributed by atoms with Crippen molar-refractivity contribution in [3.05, 3.63) is 33.6 Å². The average Bonchev–Trinajstić information content (AvgIpc) is 3.11. The van der Waals surface area contributed by atoms with Crippen LogP contribution in [0.15, 0.2) is 12.3 Å². The summed E-state index contributed by atoms with van der Waals surface area (Å²) in [6.07, 6.45) is 3.55. The lowest BCUT2D eigenvalue weighted by molar-refractivity contribution is -0.385. The molecule has 1 saturated carbocycles. The molecule has 0 radical (unpaired) electrons. The Morgan fingerprint density at radius 3 is 2.88 bits per heavy atom. The topological polar surface area (TPSA) is 106 Å². The van der Waals surface area contributed by atoms with Crippen molar-refractivity contribution in [3.8, 4) is 6.07 Å². The first-order chi connectivity index (χ1) is 7.63. The summed E-state index contributed by atoms with van der Waals surface area (Å²) in [5, 5.41) is 19.4. The Labute approximate surface area is 91.9 Å². The number of nitrogens with zero attached hydrogens (tertiary/aromatic N) is 3. The molecule has 16 heavy (non-hydrogen) atoms. The minimum absolute atomic E-state index is 0.170. The van der Waals surface area contributed by atoms with Crippen LogP contribution in [-0.2, 0) is 0 Å². The summed E-state index contributed by atoms with van der Waals surface area (Å²) >= 11 is 0. The normalized spacial score (nSPS) is 16.5. The molecule has 1 aromatic heterocycles. The Bertz CT molecular complexity index is 476. The highest BCUT2D eigenvalue weighted by atomic mass is 16.6. The summed E-state index contributed by atoms with van der Waals surface area (Å²) in [4.78, 5) is 13.9. The highest BCUT2D eigenvalue weighted by molar-refractivity contribution is 5.45. The highest BCUT2D eigenvalue weighted by Crippen LogP contribution is 2.39. The van der Waals surface area contributed by atoms with Gasteiger partial charge in [0, 0.05) is 18.3 Å². The van der Waals surface area contributed by atoms with Crippen LogP contribution in [0.3, 0.4) is 0 Å². The molecule has 1 atom stereocenters. The molecule has 0 aromatic carbocycles. The van der Waals surface area contributed by atoms with Crippen LogP contribution >= 0.6 is 0 Å². The summed E-state index contributed by atoms with van der Waals surface area (Å²) in [5.41, 5.74) is 6.11. The quantitative estimate of drug-likeness (QED) is 0.607. The van der Waals surface area contributed by atoms with Crippen LogP contribution < -0.4 is 5.73 Å². The fourth-order valence-corrected chi connectivity index (χ4v) is 1.60. The predicted molar refractivity (Wildman–Crippen MR) is 55.3 cm³/mol. The van der Waals surface area contributed by atoms with E-state index in [0.29, 0.717) is 11.5 Å². The van der Waals surface area contributed by atoms with Gasteiger partial charge in [-0.15, -0.1) is 0 Å². The minimum Gasteiger partial charge on any atom is -0.324 e. The Morgan fingerprint density at radius 1 is 1.69 bits per heavy atom.